The van der Waals surface area contributed by atoms with Gasteiger partial charge >= 0.3 is 5.97 Å². The van der Waals surface area contributed by atoms with Crippen LogP contribution in [-0.4, -0.2) is 13.1 Å². The summed E-state index contributed by atoms with van der Waals surface area (Å²) < 4.78 is 10.3. The van der Waals surface area contributed by atoms with Gasteiger partial charge in [0.1, 0.15) is 12.4 Å². The Bertz CT molecular complexity index is 564. The predicted octanol–water partition coefficient (Wildman–Crippen LogP) is 2.63. The number of carbonyl (C=O) groups excluding carboxylic acids is 1. The second-order valence-corrected chi connectivity index (χ2v) is 4.01. The molecule has 0 atom stereocenters. The summed E-state index contributed by atoms with van der Waals surface area (Å²) in [6.45, 7) is 0.206. The number of benzene rings is 2. The van der Waals surface area contributed by atoms with Crippen LogP contribution in [0.2, 0.25) is 0 Å². The van der Waals surface area contributed by atoms with Gasteiger partial charge in [-0.1, -0.05) is 24.3 Å². The molecule has 2 rings (SSSR count). The molecule has 0 aliphatic rings. The number of anilines is 1. The quantitative estimate of drug-likeness (QED) is 0.675. The van der Waals surface area contributed by atoms with E-state index in [1.165, 1.54) is 0 Å². The summed E-state index contributed by atoms with van der Waals surface area (Å²) in [6.07, 6.45) is 0. The number of esters is 1. The molecule has 0 amide bonds. The lowest BCUT2D eigenvalue weighted by molar-refractivity contribution is 0.0474. The van der Waals surface area contributed by atoms with E-state index in [0.717, 1.165) is 11.3 Å². The van der Waals surface area contributed by atoms with Crippen LogP contribution >= 0.6 is 0 Å². The molecule has 0 aromatic heterocycles. The van der Waals surface area contributed by atoms with Gasteiger partial charge in [0.05, 0.1) is 12.7 Å². The van der Waals surface area contributed by atoms with Gasteiger partial charge in [0.2, 0.25) is 0 Å². The molecule has 0 radical (unpaired) electrons. The van der Waals surface area contributed by atoms with Crippen LogP contribution < -0.4 is 10.5 Å². The molecule has 0 spiro atoms. The summed E-state index contributed by atoms with van der Waals surface area (Å²) >= 11 is 0. The minimum absolute atomic E-state index is 0.206. The van der Waals surface area contributed by atoms with Crippen LogP contribution in [0.3, 0.4) is 0 Å². The Morgan fingerprint density at radius 1 is 1.11 bits per heavy atom. The second kappa shape index (κ2) is 5.91. The highest BCUT2D eigenvalue weighted by atomic mass is 16.5. The van der Waals surface area contributed by atoms with E-state index < -0.39 is 5.97 Å². The number of carbonyl (C=O) groups is 1. The third kappa shape index (κ3) is 3.25. The largest absolute Gasteiger partial charge is 0.497 e. The Morgan fingerprint density at radius 3 is 2.42 bits per heavy atom. The summed E-state index contributed by atoms with van der Waals surface area (Å²) in [5.41, 5.74) is 7.41. The fourth-order valence-electron chi connectivity index (χ4n) is 1.63. The molecule has 0 aliphatic heterocycles. The van der Waals surface area contributed by atoms with Crippen molar-refractivity contribution in [2.24, 2.45) is 0 Å². The zero-order valence-electron chi connectivity index (χ0n) is 10.6. The van der Waals surface area contributed by atoms with Gasteiger partial charge in [0, 0.05) is 5.69 Å². The van der Waals surface area contributed by atoms with Gasteiger partial charge in [0.25, 0.3) is 0 Å². The highest BCUT2D eigenvalue weighted by Gasteiger charge is 2.10. The average molecular weight is 257 g/mol. The van der Waals surface area contributed by atoms with Gasteiger partial charge in [-0.05, 0) is 29.8 Å². The van der Waals surface area contributed by atoms with E-state index >= 15 is 0 Å². The minimum atomic E-state index is -0.422. The van der Waals surface area contributed by atoms with E-state index in [1.54, 1.807) is 31.4 Å². The summed E-state index contributed by atoms with van der Waals surface area (Å²) in [7, 11) is 1.60. The van der Waals surface area contributed by atoms with Crippen LogP contribution in [0.4, 0.5) is 5.69 Å². The number of rotatable bonds is 4. The van der Waals surface area contributed by atoms with E-state index in [2.05, 4.69) is 0 Å². The first-order chi connectivity index (χ1) is 9.20. The molecule has 0 unspecified atom stereocenters. The van der Waals surface area contributed by atoms with Gasteiger partial charge < -0.3 is 15.2 Å². The van der Waals surface area contributed by atoms with E-state index in [1.807, 2.05) is 24.3 Å². The van der Waals surface area contributed by atoms with Gasteiger partial charge in [-0.2, -0.15) is 0 Å². The maximum atomic E-state index is 11.8. The number of methoxy groups -OCH3 is 1. The zero-order chi connectivity index (χ0) is 13.7. The van der Waals surface area contributed by atoms with Gasteiger partial charge in [-0.15, -0.1) is 0 Å². The van der Waals surface area contributed by atoms with Crippen molar-refractivity contribution >= 4 is 11.7 Å². The smallest absolute Gasteiger partial charge is 0.340 e. The molecule has 2 aromatic carbocycles. The second-order valence-electron chi connectivity index (χ2n) is 4.01. The molecule has 0 saturated heterocycles. The van der Waals surface area contributed by atoms with Crippen molar-refractivity contribution in [1.82, 2.24) is 0 Å². The van der Waals surface area contributed by atoms with Crippen molar-refractivity contribution in [3.8, 4) is 5.75 Å². The molecule has 0 bridgehead atoms. The van der Waals surface area contributed by atoms with Crippen molar-refractivity contribution in [3.05, 3.63) is 59.7 Å². The maximum Gasteiger partial charge on any atom is 0.340 e. The third-order valence-electron chi connectivity index (χ3n) is 2.71. The van der Waals surface area contributed by atoms with Crippen LogP contribution in [0.25, 0.3) is 0 Å². The fourth-order valence-corrected chi connectivity index (χ4v) is 1.63. The van der Waals surface area contributed by atoms with E-state index in [-0.39, 0.29) is 6.61 Å². The van der Waals surface area contributed by atoms with Crippen molar-refractivity contribution in [1.29, 1.82) is 0 Å². The minimum Gasteiger partial charge on any atom is -0.497 e. The van der Waals surface area contributed by atoms with Crippen molar-refractivity contribution in [3.63, 3.8) is 0 Å². The molecule has 0 fully saturated rings. The van der Waals surface area contributed by atoms with Crippen LogP contribution in [-0.2, 0) is 11.3 Å². The number of hydrogen-bond acceptors (Lipinski definition) is 4. The fraction of sp³-hybridized carbons (Fsp3) is 0.133. The summed E-state index contributed by atoms with van der Waals surface area (Å²) in [5, 5.41) is 0. The lowest BCUT2D eigenvalue weighted by Crippen LogP contribution is -2.08. The molecular formula is C15H15NO3. The Kier molecular flexibility index (Phi) is 4.03. The van der Waals surface area contributed by atoms with Gasteiger partial charge in [-0.3, -0.25) is 0 Å². The van der Waals surface area contributed by atoms with Crippen LogP contribution in [0, 0.1) is 0 Å². The highest BCUT2D eigenvalue weighted by Crippen LogP contribution is 2.15. The number of nitrogen functional groups attached to an aromatic ring is 1. The summed E-state index contributed by atoms with van der Waals surface area (Å²) in [6, 6.07) is 14.2. The number of ether oxygens (including phenoxy) is 2. The molecule has 0 heterocycles. The average Bonchev–Trinajstić information content (AvgIpc) is 2.46. The molecule has 4 heteroatoms. The maximum absolute atomic E-state index is 11.8. The lowest BCUT2D eigenvalue weighted by atomic mass is 10.2. The van der Waals surface area contributed by atoms with Gasteiger partial charge in [-0.25, -0.2) is 4.79 Å². The lowest BCUT2D eigenvalue weighted by Gasteiger charge is -2.07. The Hall–Kier alpha value is -2.49. The number of nitrogens with two attached hydrogens (primary N) is 1. The first-order valence-electron chi connectivity index (χ1n) is 5.85. The van der Waals surface area contributed by atoms with Crippen molar-refractivity contribution < 1.29 is 14.3 Å². The summed E-state index contributed by atoms with van der Waals surface area (Å²) in [5.74, 6) is 0.344. The van der Waals surface area contributed by atoms with Gasteiger partial charge in [0.15, 0.2) is 0 Å². The molecule has 2 N–H and O–H groups in total. The third-order valence-corrected chi connectivity index (χ3v) is 2.71. The number of hydrogen-bond donors (Lipinski definition) is 1. The van der Waals surface area contributed by atoms with E-state index in [0.29, 0.717) is 11.3 Å². The Balaban J connectivity index is 1.98. The molecule has 98 valence electrons. The first kappa shape index (κ1) is 13.0. The van der Waals surface area contributed by atoms with Crippen molar-refractivity contribution in [2.75, 3.05) is 12.8 Å². The van der Waals surface area contributed by atoms with E-state index in [9.17, 15) is 4.79 Å². The monoisotopic (exact) mass is 257 g/mol. The SMILES string of the molecule is COc1ccc(COC(=O)c2ccccc2N)cc1. The molecule has 0 aliphatic carbocycles. The predicted molar refractivity (Wildman–Crippen MR) is 73.0 cm³/mol. The normalized spacial score (nSPS) is 9.95. The first-order valence-corrected chi connectivity index (χ1v) is 5.85. The highest BCUT2D eigenvalue weighted by molar-refractivity contribution is 5.94. The standard InChI is InChI=1S/C15H15NO3/c1-18-12-8-6-11(7-9-12)10-19-15(17)13-4-2-3-5-14(13)16/h2-9H,10,16H2,1H3. The molecule has 2 aromatic rings. The Morgan fingerprint density at radius 2 is 1.79 bits per heavy atom. The molecule has 19 heavy (non-hydrogen) atoms. The van der Waals surface area contributed by atoms with Crippen LogP contribution in [0.1, 0.15) is 15.9 Å². The molecular weight excluding hydrogens is 242 g/mol. The summed E-state index contributed by atoms with van der Waals surface area (Å²) in [4.78, 5) is 11.8. The van der Waals surface area contributed by atoms with E-state index in [4.69, 9.17) is 15.2 Å². The molecule has 4 nitrogen and oxygen atoms in total. The van der Waals surface area contributed by atoms with Crippen LogP contribution in [0.15, 0.2) is 48.5 Å². The topological polar surface area (TPSA) is 61.5 Å². The van der Waals surface area contributed by atoms with Crippen molar-refractivity contribution in [2.45, 2.75) is 6.61 Å². The zero-order valence-corrected chi connectivity index (χ0v) is 10.6. The molecule has 0 saturated carbocycles. The van der Waals surface area contributed by atoms with Crippen LogP contribution in [0.5, 0.6) is 5.75 Å². The number of para-hydroxylation sites is 1. The Labute approximate surface area is 111 Å².